The Morgan fingerprint density at radius 3 is 2.03 bits per heavy atom. The summed E-state index contributed by atoms with van der Waals surface area (Å²) in [4.78, 5) is 24.6. The summed E-state index contributed by atoms with van der Waals surface area (Å²) in [6.07, 6.45) is 0.0605. The molecule has 0 saturated heterocycles. The zero-order chi connectivity index (χ0) is 26.2. The number of aliphatic carboxylic acids is 1. The maximum Gasteiger partial charge on any atom is 0.326 e. The van der Waals surface area contributed by atoms with Crippen LogP contribution in [-0.4, -0.2) is 43.9 Å². The Morgan fingerprint density at radius 2 is 1.53 bits per heavy atom. The maximum absolute atomic E-state index is 12.7. The lowest BCUT2D eigenvalue weighted by Crippen LogP contribution is -2.42. The van der Waals surface area contributed by atoms with Gasteiger partial charge in [0.05, 0.1) is 42.0 Å². The molecular weight excluding hydrogens is 505 g/mol. The molecule has 0 aliphatic rings. The molecule has 1 atom stereocenters. The number of methoxy groups -OCH3 is 2. The number of amides is 1. The van der Waals surface area contributed by atoms with Gasteiger partial charge in [-0.2, -0.15) is 0 Å². The molecule has 9 heteroatoms. The summed E-state index contributed by atoms with van der Waals surface area (Å²) in [6.45, 7) is 2.96. The predicted octanol–water partition coefficient (Wildman–Crippen LogP) is 5.64. The number of rotatable bonds is 11. The minimum absolute atomic E-state index is 0.0365. The van der Waals surface area contributed by atoms with E-state index in [0.717, 1.165) is 16.7 Å². The molecule has 0 spiro atoms. The fraction of sp³-hybridized carbons (Fsp3) is 0.259. The molecule has 36 heavy (non-hydrogen) atoms. The summed E-state index contributed by atoms with van der Waals surface area (Å²) < 4.78 is 16.7. The molecule has 0 unspecified atom stereocenters. The first-order valence-electron chi connectivity index (χ1n) is 11.2. The van der Waals surface area contributed by atoms with Crippen LogP contribution in [0.25, 0.3) is 11.1 Å². The Labute approximate surface area is 219 Å². The van der Waals surface area contributed by atoms with Crippen molar-refractivity contribution in [1.29, 1.82) is 0 Å². The number of hydrogen-bond acceptors (Lipinski definition) is 5. The number of halogens is 2. The molecule has 0 aliphatic heterocycles. The van der Waals surface area contributed by atoms with Crippen molar-refractivity contribution < 1.29 is 28.9 Å². The first-order valence-corrected chi connectivity index (χ1v) is 11.9. The molecule has 0 aliphatic carbocycles. The Kier molecular flexibility index (Phi) is 9.58. The Morgan fingerprint density at radius 1 is 0.944 bits per heavy atom. The average Bonchev–Trinajstić information content (AvgIpc) is 2.86. The fourth-order valence-electron chi connectivity index (χ4n) is 3.74. The van der Waals surface area contributed by atoms with E-state index in [-0.39, 0.29) is 22.0 Å². The summed E-state index contributed by atoms with van der Waals surface area (Å²) in [5, 5.41) is 12.5. The third kappa shape index (κ3) is 6.49. The van der Waals surface area contributed by atoms with Crippen LogP contribution in [0.15, 0.2) is 54.6 Å². The molecule has 3 rings (SSSR count). The molecule has 1 amide bonds. The number of carbonyl (C=O) groups is 2. The van der Waals surface area contributed by atoms with Gasteiger partial charge in [0, 0.05) is 13.0 Å². The molecule has 0 saturated carbocycles. The van der Waals surface area contributed by atoms with Crippen molar-refractivity contribution in [2.45, 2.75) is 26.0 Å². The summed E-state index contributed by atoms with van der Waals surface area (Å²) in [6, 6.07) is 14.6. The second-order valence-corrected chi connectivity index (χ2v) is 8.69. The zero-order valence-corrected chi connectivity index (χ0v) is 21.7. The highest BCUT2D eigenvalue weighted by molar-refractivity contribution is 6.39. The predicted molar refractivity (Wildman–Crippen MR) is 139 cm³/mol. The Balaban J connectivity index is 1.83. The second-order valence-electron chi connectivity index (χ2n) is 7.87. The smallest absolute Gasteiger partial charge is 0.326 e. The monoisotopic (exact) mass is 531 g/mol. The summed E-state index contributed by atoms with van der Waals surface area (Å²) in [5.41, 5.74) is 3.26. The van der Waals surface area contributed by atoms with Crippen LogP contribution in [0.2, 0.25) is 10.0 Å². The van der Waals surface area contributed by atoms with E-state index in [1.807, 2.05) is 31.2 Å². The fourth-order valence-corrected chi connectivity index (χ4v) is 4.31. The van der Waals surface area contributed by atoms with Gasteiger partial charge in [0.1, 0.15) is 17.5 Å². The molecule has 0 bridgehead atoms. The van der Waals surface area contributed by atoms with Crippen molar-refractivity contribution in [3.8, 4) is 22.6 Å². The van der Waals surface area contributed by atoms with Gasteiger partial charge in [-0.25, -0.2) is 4.79 Å². The standard InChI is InChI=1S/C27H27Cl2NO6/c1-4-36-15-17-13-22(34-2)24(23(14-17)35-3)18-10-8-16(9-11-18)12-21(27(32)33)30-26(31)25-19(28)6-5-7-20(25)29/h5-11,13-14,21H,4,12,15H2,1-3H3,(H,30,31)(H,32,33)/t21-/m0/s1. The molecule has 7 nitrogen and oxygen atoms in total. The van der Waals surface area contributed by atoms with E-state index in [9.17, 15) is 14.7 Å². The first kappa shape index (κ1) is 27.3. The van der Waals surface area contributed by atoms with Crippen LogP contribution < -0.4 is 14.8 Å². The summed E-state index contributed by atoms with van der Waals surface area (Å²) in [7, 11) is 3.17. The van der Waals surface area contributed by atoms with Crippen LogP contribution in [0.1, 0.15) is 28.4 Å². The van der Waals surface area contributed by atoms with Crippen molar-refractivity contribution >= 4 is 35.1 Å². The van der Waals surface area contributed by atoms with Crippen LogP contribution >= 0.6 is 23.2 Å². The number of benzene rings is 3. The highest BCUT2D eigenvalue weighted by Crippen LogP contribution is 2.40. The van der Waals surface area contributed by atoms with Crippen molar-refractivity contribution in [3.63, 3.8) is 0 Å². The van der Waals surface area contributed by atoms with Gasteiger partial charge in [0.25, 0.3) is 5.91 Å². The van der Waals surface area contributed by atoms with Gasteiger partial charge in [0.15, 0.2) is 0 Å². The molecular formula is C27H27Cl2NO6. The maximum atomic E-state index is 12.7. The number of hydrogen-bond donors (Lipinski definition) is 2. The molecule has 0 fully saturated rings. The topological polar surface area (TPSA) is 94.1 Å². The van der Waals surface area contributed by atoms with Crippen molar-refractivity contribution in [1.82, 2.24) is 5.32 Å². The lowest BCUT2D eigenvalue weighted by molar-refractivity contribution is -0.139. The quantitative estimate of drug-likeness (QED) is 0.332. The second kappa shape index (κ2) is 12.6. The molecule has 2 N–H and O–H groups in total. The number of nitrogens with one attached hydrogen (secondary N) is 1. The van der Waals surface area contributed by atoms with Gasteiger partial charge in [0.2, 0.25) is 0 Å². The Hall–Kier alpha value is -3.26. The van der Waals surface area contributed by atoms with Crippen LogP contribution in [0.4, 0.5) is 0 Å². The number of carboxylic acid groups (broad SMARTS) is 1. The van der Waals surface area contributed by atoms with Crippen LogP contribution in [0.3, 0.4) is 0 Å². The number of carbonyl (C=O) groups excluding carboxylic acids is 1. The van der Waals surface area contributed by atoms with E-state index in [1.54, 1.807) is 32.4 Å². The molecule has 3 aromatic carbocycles. The lowest BCUT2D eigenvalue weighted by atomic mass is 9.98. The van der Waals surface area contributed by atoms with E-state index in [1.165, 1.54) is 12.1 Å². The number of ether oxygens (including phenoxy) is 3. The van der Waals surface area contributed by atoms with E-state index in [0.29, 0.717) is 30.3 Å². The molecule has 0 radical (unpaired) electrons. The van der Waals surface area contributed by atoms with Crippen molar-refractivity contribution in [3.05, 3.63) is 81.3 Å². The SMILES string of the molecule is CCOCc1cc(OC)c(-c2ccc(C[C@H](NC(=O)c3c(Cl)cccc3Cl)C(=O)O)cc2)c(OC)c1. The molecule has 0 heterocycles. The number of carboxylic acids is 1. The Bertz CT molecular complexity index is 1180. The van der Waals surface area contributed by atoms with Gasteiger partial charge in [-0.3, -0.25) is 4.79 Å². The highest BCUT2D eigenvalue weighted by Gasteiger charge is 2.24. The first-order chi connectivity index (χ1) is 17.3. The van der Waals surface area contributed by atoms with E-state index >= 15 is 0 Å². The van der Waals surface area contributed by atoms with Gasteiger partial charge in [-0.1, -0.05) is 53.5 Å². The highest BCUT2D eigenvalue weighted by atomic mass is 35.5. The van der Waals surface area contributed by atoms with E-state index in [2.05, 4.69) is 5.32 Å². The lowest BCUT2D eigenvalue weighted by Gasteiger charge is -2.17. The van der Waals surface area contributed by atoms with Gasteiger partial charge < -0.3 is 24.6 Å². The van der Waals surface area contributed by atoms with Gasteiger partial charge >= 0.3 is 5.97 Å². The van der Waals surface area contributed by atoms with Gasteiger partial charge in [-0.05, 0) is 47.9 Å². The average molecular weight is 532 g/mol. The zero-order valence-electron chi connectivity index (χ0n) is 20.1. The molecule has 190 valence electrons. The minimum atomic E-state index is -1.18. The van der Waals surface area contributed by atoms with Crippen LogP contribution in [0, 0.1) is 0 Å². The van der Waals surface area contributed by atoms with Gasteiger partial charge in [-0.15, -0.1) is 0 Å². The van der Waals surface area contributed by atoms with E-state index in [4.69, 9.17) is 37.4 Å². The normalized spacial score (nSPS) is 11.6. The minimum Gasteiger partial charge on any atom is -0.496 e. The third-order valence-electron chi connectivity index (χ3n) is 5.51. The molecule has 3 aromatic rings. The largest absolute Gasteiger partial charge is 0.496 e. The summed E-state index contributed by atoms with van der Waals surface area (Å²) in [5.74, 6) is -0.576. The van der Waals surface area contributed by atoms with Crippen LogP contribution in [0.5, 0.6) is 11.5 Å². The summed E-state index contributed by atoms with van der Waals surface area (Å²) >= 11 is 12.2. The third-order valence-corrected chi connectivity index (χ3v) is 6.14. The van der Waals surface area contributed by atoms with Crippen molar-refractivity contribution in [2.24, 2.45) is 0 Å². The van der Waals surface area contributed by atoms with E-state index < -0.39 is 17.9 Å². The van der Waals surface area contributed by atoms with Crippen LogP contribution in [-0.2, 0) is 22.6 Å². The van der Waals surface area contributed by atoms with Crippen molar-refractivity contribution in [2.75, 3.05) is 20.8 Å². The molecule has 0 aromatic heterocycles.